The topological polar surface area (TPSA) is 109 Å². The molecule has 0 unspecified atom stereocenters. The van der Waals surface area contributed by atoms with Crippen LogP contribution in [0, 0.1) is 0 Å². The summed E-state index contributed by atoms with van der Waals surface area (Å²) in [6, 6.07) is 11.2. The highest BCUT2D eigenvalue weighted by Gasteiger charge is 2.46. The molecule has 0 radical (unpaired) electrons. The van der Waals surface area contributed by atoms with E-state index in [-0.39, 0.29) is 35.8 Å². The van der Waals surface area contributed by atoms with Gasteiger partial charge in [-0.15, -0.1) is 11.8 Å². The van der Waals surface area contributed by atoms with Crippen LogP contribution in [0.4, 0.5) is 0 Å². The van der Waals surface area contributed by atoms with E-state index in [0.717, 1.165) is 5.56 Å². The molecule has 31 heavy (non-hydrogen) atoms. The molecule has 164 valence electrons. The van der Waals surface area contributed by atoms with E-state index >= 15 is 0 Å². The molecule has 1 saturated carbocycles. The number of carbonyl (C=O) groups excluding carboxylic acids is 3. The summed E-state index contributed by atoms with van der Waals surface area (Å²) in [6.07, 6.45) is 1.43. The second-order valence-electron chi connectivity index (χ2n) is 7.80. The highest BCUT2D eigenvalue weighted by Crippen LogP contribution is 2.43. The highest BCUT2D eigenvalue weighted by molar-refractivity contribution is 8.00. The molecule has 1 aromatic carbocycles. The summed E-state index contributed by atoms with van der Waals surface area (Å²) in [6.45, 7) is 0.378. The van der Waals surface area contributed by atoms with E-state index in [1.807, 2.05) is 30.3 Å². The summed E-state index contributed by atoms with van der Waals surface area (Å²) >= 11 is 2.73. The van der Waals surface area contributed by atoms with Gasteiger partial charge in [-0.05, 0) is 29.9 Å². The number of benzene rings is 1. The number of rotatable bonds is 8. The van der Waals surface area contributed by atoms with Gasteiger partial charge in [-0.25, -0.2) is 0 Å². The van der Waals surface area contributed by atoms with Crippen molar-refractivity contribution < 1.29 is 19.1 Å². The van der Waals surface area contributed by atoms with Crippen LogP contribution in [0.5, 0.6) is 5.88 Å². The molecule has 0 bridgehead atoms. The molecule has 2 aromatic rings. The smallest absolute Gasteiger partial charge is 0.258 e. The van der Waals surface area contributed by atoms with Gasteiger partial charge in [0.2, 0.25) is 17.7 Å². The molecule has 2 aliphatic rings. The number of nitrogens with one attached hydrogen (secondary N) is 3. The number of nitrogens with zero attached hydrogens (tertiary/aromatic N) is 1. The van der Waals surface area contributed by atoms with E-state index in [0.29, 0.717) is 36.8 Å². The van der Waals surface area contributed by atoms with E-state index in [2.05, 4.69) is 20.3 Å². The van der Waals surface area contributed by atoms with E-state index < -0.39 is 6.04 Å². The third-order valence-electron chi connectivity index (χ3n) is 5.56. The quantitative estimate of drug-likeness (QED) is 0.544. The number of aromatic nitrogens is 1. The van der Waals surface area contributed by atoms with Crippen molar-refractivity contribution in [2.75, 3.05) is 24.7 Å². The summed E-state index contributed by atoms with van der Waals surface area (Å²) in [7, 11) is 0. The lowest BCUT2D eigenvalue weighted by Gasteiger charge is -2.48. The first-order chi connectivity index (χ1) is 15.0. The molecule has 1 aromatic heterocycles. The van der Waals surface area contributed by atoms with Crippen molar-refractivity contribution in [3.63, 3.8) is 0 Å². The molecule has 10 heteroatoms. The van der Waals surface area contributed by atoms with Crippen LogP contribution in [-0.4, -0.2) is 58.8 Å². The van der Waals surface area contributed by atoms with Gasteiger partial charge in [0, 0.05) is 35.2 Å². The molecule has 1 aliphatic carbocycles. The van der Waals surface area contributed by atoms with Crippen molar-refractivity contribution in [3.8, 4) is 5.88 Å². The normalized spacial score (nSPS) is 25.1. The Morgan fingerprint density at radius 1 is 1.23 bits per heavy atom. The lowest BCUT2D eigenvalue weighted by Crippen LogP contribution is -2.60. The minimum absolute atomic E-state index is 0.00795. The third-order valence-corrected chi connectivity index (χ3v) is 7.14. The molecule has 3 N–H and O–H groups in total. The van der Waals surface area contributed by atoms with E-state index in [9.17, 15) is 14.4 Å². The summed E-state index contributed by atoms with van der Waals surface area (Å²) in [5.74, 6) is 0.952. The zero-order valence-corrected chi connectivity index (χ0v) is 18.5. The lowest BCUT2D eigenvalue weighted by molar-refractivity contribution is -0.128. The number of hydrogen-bond donors (Lipinski definition) is 3. The summed E-state index contributed by atoms with van der Waals surface area (Å²) in [5, 5.41) is 10.6. The molecule has 8 nitrogen and oxygen atoms in total. The Labute approximate surface area is 188 Å². The van der Waals surface area contributed by atoms with Crippen LogP contribution in [0.2, 0.25) is 0 Å². The second kappa shape index (κ2) is 9.69. The van der Waals surface area contributed by atoms with Crippen molar-refractivity contribution in [1.82, 2.24) is 20.3 Å². The van der Waals surface area contributed by atoms with Gasteiger partial charge in [0.05, 0.1) is 5.75 Å². The Balaban J connectivity index is 1.32. The van der Waals surface area contributed by atoms with Crippen molar-refractivity contribution >= 4 is 41.0 Å². The molecule has 4 rings (SSSR count). The number of carbonyl (C=O) groups is 3. The fraction of sp³-hybridized carbons (Fsp3) is 0.429. The van der Waals surface area contributed by atoms with E-state index in [1.54, 1.807) is 11.4 Å². The zero-order chi connectivity index (χ0) is 21.7. The Morgan fingerprint density at radius 3 is 2.74 bits per heavy atom. The Hall–Kier alpha value is -2.59. The van der Waals surface area contributed by atoms with Crippen LogP contribution >= 0.6 is 23.3 Å². The number of thioether (sulfide) groups is 1. The average molecular weight is 461 g/mol. The maximum atomic E-state index is 12.6. The predicted octanol–water partition coefficient (Wildman–Crippen LogP) is 1.09. The first-order valence-electron chi connectivity index (χ1n) is 10.1. The maximum absolute atomic E-state index is 12.6. The molecule has 3 amide bonds. The van der Waals surface area contributed by atoms with Gasteiger partial charge in [-0.1, -0.05) is 30.3 Å². The van der Waals surface area contributed by atoms with Crippen LogP contribution in [0.3, 0.4) is 0 Å². The highest BCUT2D eigenvalue weighted by atomic mass is 32.2. The fourth-order valence-corrected chi connectivity index (χ4v) is 5.32. The SMILES string of the molecule is O=C(COc1ccsn1)NC1CC(CNC(=O)[C@@H]2CSCC(=O)N2)(c2ccccc2)C1. The lowest BCUT2D eigenvalue weighted by atomic mass is 9.61. The molecular weight excluding hydrogens is 436 g/mol. The van der Waals surface area contributed by atoms with Crippen LogP contribution in [0.1, 0.15) is 18.4 Å². The molecule has 2 fully saturated rings. The molecule has 1 atom stereocenters. The van der Waals surface area contributed by atoms with Crippen molar-refractivity contribution in [3.05, 3.63) is 47.3 Å². The monoisotopic (exact) mass is 460 g/mol. The van der Waals surface area contributed by atoms with Crippen molar-refractivity contribution in [2.45, 2.75) is 30.3 Å². The van der Waals surface area contributed by atoms with Gasteiger partial charge >= 0.3 is 0 Å². The van der Waals surface area contributed by atoms with E-state index in [1.165, 1.54) is 23.3 Å². The third kappa shape index (κ3) is 5.37. The Bertz CT molecular complexity index is 917. The second-order valence-corrected chi connectivity index (χ2v) is 9.49. The fourth-order valence-electron chi connectivity index (χ4n) is 4.01. The number of ether oxygens (including phenoxy) is 1. The number of hydrogen-bond acceptors (Lipinski definition) is 7. The molecule has 1 saturated heterocycles. The van der Waals surface area contributed by atoms with Gasteiger partial charge < -0.3 is 20.7 Å². The number of amides is 3. The van der Waals surface area contributed by atoms with Crippen LogP contribution in [0.25, 0.3) is 0 Å². The average Bonchev–Trinajstić information content (AvgIpc) is 3.28. The van der Waals surface area contributed by atoms with Gasteiger partial charge in [0.1, 0.15) is 6.04 Å². The molecule has 2 heterocycles. The van der Waals surface area contributed by atoms with Gasteiger partial charge in [-0.3, -0.25) is 14.4 Å². The standard InChI is InChI=1S/C21H24N4O4S2/c26-17(10-29-19-6-7-31-25-19)23-15-8-21(9-15,14-4-2-1-3-5-14)13-22-20(28)16-11-30-12-18(27)24-16/h1-7,15-16H,8-13H2,(H,22,28)(H,23,26)(H,24,27)/t15?,16-,21?/m0/s1. The largest absolute Gasteiger partial charge is 0.467 e. The molecule has 0 spiro atoms. The van der Waals surface area contributed by atoms with Crippen molar-refractivity contribution in [1.29, 1.82) is 0 Å². The van der Waals surface area contributed by atoms with Crippen molar-refractivity contribution in [2.24, 2.45) is 0 Å². The van der Waals surface area contributed by atoms with Crippen LogP contribution in [0.15, 0.2) is 41.8 Å². The van der Waals surface area contributed by atoms with Gasteiger partial charge in [0.15, 0.2) is 6.61 Å². The molecule has 1 aliphatic heterocycles. The first kappa shape index (κ1) is 21.6. The minimum Gasteiger partial charge on any atom is -0.467 e. The summed E-state index contributed by atoms with van der Waals surface area (Å²) in [5.41, 5.74) is 0.873. The summed E-state index contributed by atoms with van der Waals surface area (Å²) in [4.78, 5) is 36.4. The van der Waals surface area contributed by atoms with Crippen LogP contribution in [-0.2, 0) is 19.8 Å². The predicted molar refractivity (Wildman–Crippen MR) is 119 cm³/mol. The zero-order valence-electron chi connectivity index (χ0n) is 16.8. The first-order valence-corrected chi connectivity index (χ1v) is 12.1. The van der Waals surface area contributed by atoms with Crippen LogP contribution < -0.4 is 20.7 Å². The molecular formula is C21H24N4O4S2. The summed E-state index contributed by atoms with van der Waals surface area (Å²) < 4.78 is 9.38. The Kier molecular flexibility index (Phi) is 6.77. The van der Waals surface area contributed by atoms with Gasteiger partial charge in [-0.2, -0.15) is 4.37 Å². The van der Waals surface area contributed by atoms with Gasteiger partial charge in [0.25, 0.3) is 5.91 Å². The maximum Gasteiger partial charge on any atom is 0.258 e. The van der Waals surface area contributed by atoms with E-state index in [4.69, 9.17) is 4.74 Å². The minimum atomic E-state index is -0.502. The Morgan fingerprint density at radius 2 is 2.03 bits per heavy atom.